The van der Waals surface area contributed by atoms with E-state index in [9.17, 15) is 0 Å². The van der Waals surface area contributed by atoms with Crippen molar-refractivity contribution in [2.75, 3.05) is 6.54 Å². The Labute approximate surface area is 79.5 Å². The van der Waals surface area contributed by atoms with Crippen molar-refractivity contribution in [3.05, 3.63) is 35.2 Å². The van der Waals surface area contributed by atoms with Crippen LogP contribution in [0.1, 0.15) is 25.0 Å². The average molecular weight is 176 g/mol. The van der Waals surface area contributed by atoms with Crippen molar-refractivity contribution >= 4 is 6.08 Å². The Balaban J connectivity index is 2.99. The van der Waals surface area contributed by atoms with Crippen LogP contribution in [0.5, 0.6) is 0 Å². The minimum Gasteiger partial charge on any atom is -0.327 e. The SMILES string of the molecule is CCc1ccncc1/C=C(\C)CN. The highest BCUT2D eigenvalue weighted by molar-refractivity contribution is 5.55. The largest absolute Gasteiger partial charge is 0.327 e. The summed E-state index contributed by atoms with van der Waals surface area (Å²) in [5, 5.41) is 0. The number of nitrogens with two attached hydrogens (primary N) is 1. The van der Waals surface area contributed by atoms with Gasteiger partial charge in [0.1, 0.15) is 0 Å². The lowest BCUT2D eigenvalue weighted by Gasteiger charge is -2.02. The van der Waals surface area contributed by atoms with Crippen LogP contribution in [0.4, 0.5) is 0 Å². The van der Waals surface area contributed by atoms with Crippen LogP contribution in [-0.4, -0.2) is 11.5 Å². The molecule has 0 saturated carbocycles. The predicted molar refractivity (Wildman–Crippen MR) is 56.3 cm³/mol. The van der Waals surface area contributed by atoms with E-state index in [0.29, 0.717) is 6.54 Å². The van der Waals surface area contributed by atoms with E-state index in [2.05, 4.69) is 24.1 Å². The first-order valence-electron chi connectivity index (χ1n) is 4.58. The third-order valence-corrected chi connectivity index (χ3v) is 2.05. The van der Waals surface area contributed by atoms with Crippen LogP contribution in [-0.2, 0) is 6.42 Å². The zero-order valence-electron chi connectivity index (χ0n) is 8.25. The lowest BCUT2D eigenvalue weighted by Crippen LogP contribution is -2.00. The molecule has 1 aromatic heterocycles. The summed E-state index contributed by atoms with van der Waals surface area (Å²) in [7, 11) is 0. The fraction of sp³-hybridized carbons (Fsp3) is 0.364. The van der Waals surface area contributed by atoms with E-state index < -0.39 is 0 Å². The number of aryl methyl sites for hydroxylation is 1. The van der Waals surface area contributed by atoms with Crippen molar-refractivity contribution in [3.63, 3.8) is 0 Å². The maximum Gasteiger partial charge on any atom is 0.0343 e. The maximum absolute atomic E-state index is 5.52. The minimum absolute atomic E-state index is 0.609. The molecule has 0 aliphatic heterocycles. The van der Waals surface area contributed by atoms with Gasteiger partial charge in [0.05, 0.1) is 0 Å². The summed E-state index contributed by atoms with van der Waals surface area (Å²) in [6.07, 6.45) is 6.85. The monoisotopic (exact) mass is 176 g/mol. The summed E-state index contributed by atoms with van der Waals surface area (Å²) >= 11 is 0. The van der Waals surface area contributed by atoms with Gasteiger partial charge in [-0.15, -0.1) is 0 Å². The molecule has 2 nitrogen and oxygen atoms in total. The summed E-state index contributed by atoms with van der Waals surface area (Å²) < 4.78 is 0. The van der Waals surface area contributed by atoms with E-state index in [4.69, 9.17) is 5.73 Å². The summed E-state index contributed by atoms with van der Waals surface area (Å²) in [6.45, 7) is 4.79. The van der Waals surface area contributed by atoms with Crippen LogP contribution in [0.3, 0.4) is 0 Å². The molecule has 70 valence electrons. The van der Waals surface area contributed by atoms with E-state index in [1.165, 1.54) is 16.7 Å². The Kier molecular flexibility index (Phi) is 3.65. The van der Waals surface area contributed by atoms with E-state index in [1.54, 1.807) is 0 Å². The summed E-state index contributed by atoms with van der Waals surface area (Å²) in [4.78, 5) is 4.10. The molecule has 0 unspecified atom stereocenters. The molecule has 0 spiro atoms. The first-order chi connectivity index (χ1) is 6.27. The molecule has 1 rings (SSSR count). The first-order valence-corrected chi connectivity index (χ1v) is 4.58. The van der Waals surface area contributed by atoms with E-state index >= 15 is 0 Å². The zero-order valence-corrected chi connectivity index (χ0v) is 8.25. The van der Waals surface area contributed by atoms with Crippen molar-refractivity contribution in [1.82, 2.24) is 4.98 Å². The van der Waals surface area contributed by atoms with Crippen LogP contribution in [0.2, 0.25) is 0 Å². The van der Waals surface area contributed by atoms with Gasteiger partial charge in [-0.1, -0.05) is 18.6 Å². The quantitative estimate of drug-likeness (QED) is 0.765. The molecular weight excluding hydrogens is 160 g/mol. The summed E-state index contributed by atoms with van der Waals surface area (Å²) in [6, 6.07) is 2.05. The topological polar surface area (TPSA) is 38.9 Å². The lowest BCUT2D eigenvalue weighted by atomic mass is 10.1. The molecule has 1 aromatic rings. The molecule has 1 heterocycles. The highest BCUT2D eigenvalue weighted by atomic mass is 14.6. The van der Waals surface area contributed by atoms with Crippen molar-refractivity contribution in [2.24, 2.45) is 5.73 Å². The summed E-state index contributed by atoms with van der Waals surface area (Å²) in [5.41, 5.74) is 9.22. The zero-order chi connectivity index (χ0) is 9.68. The van der Waals surface area contributed by atoms with Gasteiger partial charge in [-0.2, -0.15) is 0 Å². The molecule has 2 heteroatoms. The molecule has 0 aliphatic rings. The van der Waals surface area contributed by atoms with Gasteiger partial charge in [0, 0.05) is 18.9 Å². The second-order valence-corrected chi connectivity index (χ2v) is 3.12. The Morgan fingerprint density at radius 1 is 1.62 bits per heavy atom. The molecule has 0 amide bonds. The fourth-order valence-electron chi connectivity index (χ4n) is 1.21. The van der Waals surface area contributed by atoms with E-state index in [1.807, 2.05) is 19.3 Å². The highest BCUT2D eigenvalue weighted by Gasteiger charge is 1.96. The maximum atomic E-state index is 5.52. The lowest BCUT2D eigenvalue weighted by molar-refractivity contribution is 1.10. The fourth-order valence-corrected chi connectivity index (χ4v) is 1.21. The Morgan fingerprint density at radius 3 is 3.00 bits per heavy atom. The smallest absolute Gasteiger partial charge is 0.0343 e. The highest BCUT2D eigenvalue weighted by Crippen LogP contribution is 2.11. The number of aromatic nitrogens is 1. The molecule has 0 radical (unpaired) electrons. The van der Waals surface area contributed by atoms with Gasteiger partial charge >= 0.3 is 0 Å². The molecular formula is C11H16N2. The van der Waals surface area contributed by atoms with Crippen LogP contribution >= 0.6 is 0 Å². The van der Waals surface area contributed by atoms with Gasteiger partial charge in [0.15, 0.2) is 0 Å². The van der Waals surface area contributed by atoms with Gasteiger partial charge in [0.25, 0.3) is 0 Å². The third-order valence-electron chi connectivity index (χ3n) is 2.05. The van der Waals surface area contributed by atoms with Crippen LogP contribution in [0.25, 0.3) is 6.08 Å². The minimum atomic E-state index is 0.609. The Morgan fingerprint density at radius 2 is 2.38 bits per heavy atom. The molecule has 0 atom stereocenters. The van der Waals surface area contributed by atoms with Gasteiger partial charge < -0.3 is 5.73 Å². The van der Waals surface area contributed by atoms with Crippen molar-refractivity contribution in [3.8, 4) is 0 Å². The van der Waals surface area contributed by atoms with E-state index in [-0.39, 0.29) is 0 Å². The number of hydrogen-bond donors (Lipinski definition) is 1. The number of hydrogen-bond acceptors (Lipinski definition) is 2. The van der Waals surface area contributed by atoms with Crippen molar-refractivity contribution < 1.29 is 0 Å². The molecule has 0 fully saturated rings. The van der Waals surface area contributed by atoms with Gasteiger partial charge in [-0.05, 0) is 30.5 Å². The van der Waals surface area contributed by atoms with Crippen molar-refractivity contribution in [1.29, 1.82) is 0 Å². The molecule has 13 heavy (non-hydrogen) atoms. The molecule has 0 aliphatic carbocycles. The molecule has 2 N–H and O–H groups in total. The van der Waals surface area contributed by atoms with Crippen molar-refractivity contribution in [2.45, 2.75) is 20.3 Å². The molecule has 0 saturated heterocycles. The molecule has 0 aromatic carbocycles. The van der Waals surface area contributed by atoms with Crippen LogP contribution in [0.15, 0.2) is 24.0 Å². The Hall–Kier alpha value is -1.15. The predicted octanol–water partition coefficient (Wildman–Crippen LogP) is 2.01. The third kappa shape index (κ3) is 2.67. The van der Waals surface area contributed by atoms with Gasteiger partial charge in [0.2, 0.25) is 0 Å². The number of rotatable bonds is 3. The Bertz CT molecular complexity index is 303. The standard InChI is InChI=1S/C11H16N2/c1-3-10-4-5-13-8-11(10)6-9(2)7-12/h4-6,8H,3,7,12H2,1-2H3/b9-6+. The summed E-state index contributed by atoms with van der Waals surface area (Å²) in [5.74, 6) is 0. The normalized spacial score (nSPS) is 11.8. The van der Waals surface area contributed by atoms with Crippen LogP contribution in [0, 0.1) is 0 Å². The number of nitrogens with zero attached hydrogens (tertiary/aromatic N) is 1. The first kappa shape index (κ1) is 9.93. The van der Waals surface area contributed by atoms with Gasteiger partial charge in [-0.25, -0.2) is 0 Å². The van der Waals surface area contributed by atoms with Crippen LogP contribution < -0.4 is 5.73 Å². The average Bonchev–Trinajstić information content (AvgIpc) is 2.18. The van der Waals surface area contributed by atoms with Gasteiger partial charge in [-0.3, -0.25) is 4.98 Å². The van der Waals surface area contributed by atoms with E-state index in [0.717, 1.165) is 6.42 Å². The number of pyridine rings is 1. The second kappa shape index (κ2) is 4.77. The molecule has 0 bridgehead atoms. The second-order valence-electron chi connectivity index (χ2n) is 3.12.